The molecule has 0 heterocycles. The molecule has 0 bridgehead atoms. The fraction of sp³-hybridized carbons (Fsp3) is 0.500. The van der Waals surface area contributed by atoms with Gasteiger partial charge in [-0.1, -0.05) is 18.2 Å². The number of benzene rings is 1. The first kappa shape index (κ1) is 14.7. The molecule has 1 N–H and O–H groups in total. The van der Waals surface area contributed by atoms with Crippen LogP contribution in [0, 0.1) is 0 Å². The van der Waals surface area contributed by atoms with Crippen molar-refractivity contribution in [2.24, 2.45) is 0 Å². The Labute approximate surface area is 109 Å². The fourth-order valence-corrected chi connectivity index (χ4v) is 1.80. The second-order valence-electron chi connectivity index (χ2n) is 4.70. The van der Waals surface area contributed by atoms with E-state index < -0.39 is 0 Å². The zero-order chi connectivity index (χ0) is 13.5. The molecule has 0 aliphatic rings. The molecule has 0 saturated carbocycles. The van der Waals surface area contributed by atoms with Gasteiger partial charge in [-0.25, -0.2) is 0 Å². The predicted molar refractivity (Wildman–Crippen MR) is 72.5 cm³/mol. The van der Waals surface area contributed by atoms with Crippen molar-refractivity contribution in [2.45, 2.75) is 13.0 Å². The van der Waals surface area contributed by atoms with E-state index in [0.717, 1.165) is 19.5 Å². The summed E-state index contributed by atoms with van der Waals surface area (Å²) in [7, 11) is 5.83. The molecule has 1 amide bonds. The first-order chi connectivity index (χ1) is 8.56. The van der Waals surface area contributed by atoms with E-state index in [4.69, 9.17) is 0 Å². The summed E-state index contributed by atoms with van der Waals surface area (Å²) in [5, 5.41) is 9.22. The molecule has 100 valence electrons. The molecule has 0 saturated heterocycles. The first-order valence-electron chi connectivity index (χ1n) is 6.15. The average molecular weight is 250 g/mol. The molecule has 0 atom stereocenters. The highest BCUT2D eigenvalue weighted by Gasteiger charge is 2.14. The number of hydrogen-bond acceptors (Lipinski definition) is 3. The van der Waals surface area contributed by atoms with Gasteiger partial charge in [-0.15, -0.1) is 0 Å². The fourth-order valence-electron chi connectivity index (χ4n) is 1.80. The van der Waals surface area contributed by atoms with Crippen LogP contribution in [0.3, 0.4) is 0 Å². The average Bonchev–Trinajstić information content (AvgIpc) is 2.37. The molecule has 4 heteroatoms. The third-order valence-corrected chi connectivity index (χ3v) is 2.86. The molecule has 0 aliphatic heterocycles. The van der Waals surface area contributed by atoms with E-state index in [9.17, 15) is 9.90 Å². The van der Waals surface area contributed by atoms with Gasteiger partial charge in [0.25, 0.3) is 5.91 Å². The maximum absolute atomic E-state index is 12.2. The van der Waals surface area contributed by atoms with Crippen molar-refractivity contribution in [3.8, 4) is 0 Å². The summed E-state index contributed by atoms with van der Waals surface area (Å²) in [6.45, 7) is 1.57. The van der Waals surface area contributed by atoms with Gasteiger partial charge in [0.15, 0.2) is 0 Å². The van der Waals surface area contributed by atoms with Crippen molar-refractivity contribution >= 4 is 5.91 Å². The lowest BCUT2D eigenvalue weighted by Crippen LogP contribution is -2.30. The monoisotopic (exact) mass is 250 g/mol. The van der Waals surface area contributed by atoms with Gasteiger partial charge in [-0.05, 0) is 38.7 Å². The lowest BCUT2D eigenvalue weighted by atomic mass is 10.1. The second kappa shape index (κ2) is 7.13. The van der Waals surface area contributed by atoms with E-state index >= 15 is 0 Å². The summed E-state index contributed by atoms with van der Waals surface area (Å²) in [5.74, 6) is -0.0293. The Balaban J connectivity index is 2.62. The van der Waals surface area contributed by atoms with Crippen LogP contribution in [0.4, 0.5) is 0 Å². The van der Waals surface area contributed by atoms with E-state index in [1.54, 1.807) is 24.1 Å². The lowest BCUT2D eigenvalue weighted by Gasteiger charge is -2.19. The van der Waals surface area contributed by atoms with E-state index in [0.29, 0.717) is 11.1 Å². The summed E-state index contributed by atoms with van der Waals surface area (Å²) in [6.07, 6.45) is 0.941. The lowest BCUT2D eigenvalue weighted by molar-refractivity contribution is 0.0787. The van der Waals surface area contributed by atoms with Crippen LogP contribution in [-0.2, 0) is 6.61 Å². The van der Waals surface area contributed by atoms with Crippen molar-refractivity contribution in [1.82, 2.24) is 9.80 Å². The highest BCUT2D eigenvalue weighted by atomic mass is 16.3. The van der Waals surface area contributed by atoms with Crippen LogP contribution in [0.1, 0.15) is 22.3 Å². The van der Waals surface area contributed by atoms with E-state index in [-0.39, 0.29) is 12.5 Å². The molecule has 1 aromatic rings. The van der Waals surface area contributed by atoms with Gasteiger partial charge in [0.2, 0.25) is 0 Å². The summed E-state index contributed by atoms with van der Waals surface area (Å²) in [5.41, 5.74) is 1.27. The van der Waals surface area contributed by atoms with Crippen LogP contribution in [0.5, 0.6) is 0 Å². The topological polar surface area (TPSA) is 43.8 Å². The maximum Gasteiger partial charge on any atom is 0.253 e. The van der Waals surface area contributed by atoms with Crippen molar-refractivity contribution in [3.63, 3.8) is 0 Å². The normalized spacial score (nSPS) is 10.7. The van der Waals surface area contributed by atoms with E-state index in [1.165, 1.54) is 0 Å². The molecular formula is C14H22N2O2. The van der Waals surface area contributed by atoms with Gasteiger partial charge in [-0.3, -0.25) is 4.79 Å². The maximum atomic E-state index is 12.2. The molecule has 0 spiro atoms. The van der Waals surface area contributed by atoms with E-state index in [2.05, 4.69) is 4.90 Å². The molecule has 0 aliphatic carbocycles. The Hall–Kier alpha value is -1.39. The third-order valence-electron chi connectivity index (χ3n) is 2.86. The minimum atomic E-state index is -0.104. The standard InChI is InChI=1S/C14H22N2O2/c1-15(2)9-6-10-16(3)14(18)13-8-5-4-7-12(13)11-17/h4-5,7-8,17H,6,9-11H2,1-3H3. The highest BCUT2D eigenvalue weighted by Crippen LogP contribution is 2.11. The van der Waals surface area contributed by atoms with Crippen LogP contribution in [-0.4, -0.2) is 55.0 Å². The first-order valence-corrected chi connectivity index (χ1v) is 6.15. The van der Waals surface area contributed by atoms with Gasteiger partial charge < -0.3 is 14.9 Å². The molecule has 0 fully saturated rings. The summed E-state index contributed by atoms with van der Waals surface area (Å²) < 4.78 is 0. The highest BCUT2D eigenvalue weighted by molar-refractivity contribution is 5.95. The molecule has 1 aromatic carbocycles. The Morgan fingerprint density at radius 3 is 2.44 bits per heavy atom. The van der Waals surface area contributed by atoms with Crippen LogP contribution >= 0.6 is 0 Å². The largest absolute Gasteiger partial charge is 0.392 e. The number of nitrogens with zero attached hydrogens (tertiary/aromatic N) is 2. The molecule has 0 radical (unpaired) electrons. The van der Waals surface area contributed by atoms with Crippen molar-refractivity contribution in [3.05, 3.63) is 35.4 Å². The smallest absolute Gasteiger partial charge is 0.253 e. The number of amides is 1. The zero-order valence-corrected chi connectivity index (χ0v) is 11.4. The van der Waals surface area contributed by atoms with Gasteiger partial charge in [0.05, 0.1) is 6.61 Å². The zero-order valence-electron chi connectivity index (χ0n) is 11.4. The number of rotatable bonds is 6. The summed E-state index contributed by atoms with van der Waals surface area (Å²) in [4.78, 5) is 16.0. The number of carbonyl (C=O) groups excluding carboxylic acids is 1. The number of aliphatic hydroxyl groups is 1. The van der Waals surface area contributed by atoms with Gasteiger partial charge in [0.1, 0.15) is 0 Å². The second-order valence-corrected chi connectivity index (χ2v) is 4.70. The van der Waals surface area contributed by atoms with Crippen molar-refractivity contribution in [2.75, 3.05) is 34.2 Å². The third kappa shape index (κ3) is 4.13. The molecule has 0 aromatic heterocycles. The van der Waals surface area contributed by atoms with Crippen molar-refractivity contribution in [1.29, 1.82) is 0 Å². The molecule has 0 unspecified atom stereocenters. The number of hydrogen-bond donors (Lipinski definition) is 1. The Morgan fingerprint density at radius 2 is 1.83 bits per heavy atom. The van der Waals surface area contributed by atoms with Gasteiger partial charge in [0, 0.05) is 19.2 Å². The van der Waals surface area contributed by atoms with Crippen LogP contribution < -0.4 is 0 Å². The van der Waals surface area contributed by atoms with Crippen molar-refractivity contribution < 1.29 is 9.90 Å². The number of aliphatic hydroxyl groups excluding tert-OH is 1. The minimum absolute atomic E-state index is 0.0293. The summed E-state index contributed by atoms with van der Waals surface area (Å²) in [6, 6.07) is 7.19. The Kier molecular flexibility index (Phi) is 5.82. The molecule has 1 rings (SSSR count). The summed E-state index contributed by atoms with van der Waals surface area (Å²) >= 11 is 0. The van der Waals surface area contributed by atoms with Gasteiger partial charge in [-0.2, -0.15) is 0 Å². The Morgan fingerprint density at radius 1 is 1.17 bits per heavy atom. The molecular weight excluding hydrogens is 228 g/mol. The Bertz CT molecular complexity index is 391. The van der Waals surface area contributed by atoms with Gasteiger partial charge >= 0.3 is 0 Å². The SMILES string of the molecule is CN(C)CCCN(C)C(=O)c1ccccc1CO. The quantitative estimate of drug-likeness (QED) is 0.825. The predicted octanol–water partition coefficient (Wildman–Crippen LogP) is 1.20. The number of carbonyl (C=O) groups is 1. The van der Waals surface area contributed by atoms with Crippen LogP contribution in [0.15, 0.2) is 24.3 Å². The minimum Gasteiger partial charge on any atom is -0.392 e. The molecule has 4 nitrogen and oxygen atoms in total. The van der Waals surface area contributed by atoms with Crippen LogP contribution in [0.2, 0.25) is 0 Å². The molecule has 18 heavy (non-hydrogen) atoms. The van der Waals surface area contributed by atoms with E-state index in [1.807, 2.05) is 26.2 Å². The van der Waals surface area contributed by atoms with Crippen LogP contribution in [0.25, 0.3) is 0 Å².